The van der Waals surface area contributed by atoms with E-state index in [-0.39, 0.29) is 5.91 Å². The van der Waals surface area contributed by atoms with Crippen molar-refractivity contribution >= 4 is 28.2 Å². The normalized spacial score (nSPS) is 28.2. The first kappa shape index (κ1) is 17.0. The number of quaternary nitrogens is 1. The van der Waals surface area contributed by atoms with E-state index in [0.717, 1.165) is 49.8 Å². The highest BCUT2D eigenvalue weighted by Crippen LogP contribution is 2.38. The summed E-state index contributed by atoms with van der Waals surface area (Å²) in [6.07, 6.45) is 9.69. The molecular formula is C19H28N3O2S+. The number of hydrogen-bond acceptors (Lipinski definition) is 3. The summed E-state index contributed by atoms with van der Waals surface area (Å²) in [4.78, 5) is 27.0. The van der Waals surface area contributed by atoms with Crippen LogP contribution in [0.2, 0.25) is 0 Å². The molecular weight excluding hydrogens is 334 g/mol. The Morgan fingerprint density at radius 1 is 1.12 bits per heavy atom. The van der Waals surface area contributed by atoms with Crippen molar-refractivity contribution in [3.63, 3.8) is 0 Å². The fourth-order valence-electron chi connectivity index (χ4n) is 5.11. The molecule has 4 N–H and O–H groups in total. The van der Waals surface area contributed by atoms with Crippen LogP contribution in [0.3, 0.4) is 0 Å². The van der Waals surface area contributed by atoms with Crippen LogP contribution in [-0.4, -0.2) is 31.4 Å². The molecule has 3 aliphatic rings. The molecule has 2 fully saturated rings. The van der Waals surface area contributed by atoms with Gasteiger partial charge in [-0.25, -0.2) is 0 Å². The van der Waals surface area contributed by atoms with Gasteiger partial charge in [-0.1, -0.05) is 12.8 Å². The van der Waals surface area contributed by atoms with E-state index >= 15 is 0 Å². The van der Waals surface area contributed by atoms with Crippen molar-refractivity contribution in [1.29, 1.82) is 0 Å². The number of primary amides is 1. The average Bonchev–Trinajstić information content (AvgIpc) is 3.14. The molecule has 1 aromatic rings. The molecule has 5 nitrogen and oxygen atoms in total. The molecule has 1 unspecified atom stereocenters. The molecule has 4 rings (SSSR count). The molecule has 1 aromatic heterocycles. The molecule has 0 bridgehead atoms. The third-order valence-corrected chi connectivity index (χ3v) is 7.52. The first-order valence-corrected chi connectivity index (χ1v) is 10.5. The van der Waals surface area contributed by atoms with E-state index < -0.39 is 5.91 Å². The van der Waals surface area contributed by atoms with Gasteiger partial charge in [-0.05, 0) is 50.0 Å². The van der Waals surface area contributed by atoms with E-state index in [1.807, 2.05) is 0 Å². The highest BCUT2D eigenvalue weighted by atomic mass is 32.1. The van der Waals surface area contributed by atoms with Crippen LogP contribution in [0.15, 0.2) is 0 Å². The van der Waals surface area contributed by atoms with Gasteiger partial charge in [-0.3, -0.25) is 9.59 Å². The summed E-state index contributed by atoms with van der Waals surface area (Å²) in [5.74, 6) is 1.30. The van der Waals surface area contributed by atoms with Gasteiger partial charge in [0.25, 0.3) is 11.8 Å². The van der Waals surface area contributed by atoms with Gasteiger partial charge in [0.1, 0.15) is 5.00 Å². The molecule has 25 heavy (non-hydrogen) atoms. The Kier molecular flexibility index (Phi) is 4.82. The van der Waals surface area contributed by atoms with Crippen molar-refractivity contribution < 1.29 is 14.5 Å². The molecule has 2 heterocycles. The van der Waals surface area contributed by atoms with Gasteiger partial charge in [0.05, 0.1) is 18.7 Å². The van der Waals surface area contributed by atoms with Gasteiger partial charge in [0.2, 0.25) is 0 Å². The minimum atomic E-state index is -0.412. The number of hydrogen-bond donors (Lipinski definition) is 3. The van der Waals surface area contributed by atoms with Gasteiger partial charge < -0.3 is 16.0 Å². The number of fused-ring (bicyclic) bond motifs is 2. The predicted molar refractivity (Wildman–Crippen MR) is 99.1 cm³/mol. The Morgan fingerprint density at radius 2 is 1.92 bits per heavy atom. The fraction of sp³-hybridized carbons (Fsp3) is 0.684. The lowest BCUT2D eigenvalue weighted by atomic mass is 9.75. The number of rotatable bonds is 4. The molecule has 0 radical (unpaired) electrons. The summed E-state index contributed by atoms with van der Waals surface area (Å²) in [6.45, 7) is 2.73. The Hall–Kier alpha value is -1.40. The largest absolute Gasteiger partial charge is 0.365 e. The monoisotopic (exact) mass is 362 g/mol. The standard InChI is InChI=1S/C19H27N3O2S/c20-18(24)17-14-6-3-7-15(14)25-19(17)21-16(23)11-22-9-8-12-4-1-2-5-13(12)10-22/h12-13H,1-11H2,(H2,20,24)(H,21,23)/p+1/t12-,13+/m0/s1. The van der Waals surface area contributed by atoms with Crippen LogP contribution < -0.4 is 16.0 Å². The maximum Gasteiger partial charge on any atom is 0.280 e. The number of carbonyl (C=O) groups is 2. The summed E-state index contributed by atoms with van der Waals surface area (Å²) >= 11 is 1.54. The van der Waals surface area contributed by atoms with Gasteiger partial charge in [-0.2, -0.15) is 0 Å². The lowest BCUT2D eigenvalue weighted by Crippen LogP contribution is -3.15. The fourth-order valence-corrected chi connectivity index (χ4v) is 6.42. The van der Waals surface area contributed by atoms with Crippen LogP contribution in [0.1, 0.15) is 59.3 Å². The topological polar surface area (TPSA) is 76.6 Å². The van der Waals surface area contributed by atoms with E-state index in [1.54, 1.807) is 11.3 Å². The van der Waals surface area contributed by atoms with Crippen LogP contribution in [0, 0.1) is 11.8 Å². The molecule has 1 saturated heterocycles. The molecule has 2 aliphatic carbocycles. The molecule has 136 valence electrons. The summed E-state index contributed by atoms with van der Waals surface area (Å²) in [5, 5.41) is 3.67. The summed E-state index contributed by atoms with van der Waals surface area (Å²) in [6, 6.07) is 0. The Bertz CT molecular complexity index is 684. The molecule has 1 aliphatic heterocycles. The zero-order valence-electron chi connectivity index (χ0n) is 14.7. The highest BCUT2D eigenvalue weighted by molar-refractivity contribution is 7.17. The van der Waals surface area contributed by atoms with E-state index in [1.165, 1.54) is 41.9 Å². The first-order valence-electron chi connectivity index (χ1n) is 9.69. The van der Waals surface area contributed by atoms with Crippen molar-refractivity contribution in [2.75, 3.05) is 25.0 Å². The van der Waals surface area contributed by atoms with Crippen LogP contribution in [0.4, 0.5) is 5.00 Å². The summed E-state index contributed by atoms with van der Waals surface area (Å²) < 4.78 is 0. The molecule has 3 atom stereocenters. The number of nitrogens with one attached hydrogen (secondary N) is 2. The van der Waals surface area contributed by atoms with Crippen molar-refractivity contribution in [3.05, 3.63) is 16.0 Å². The van der Waals surface area contributed by atoms with E-state index in [0.29, 0.717) is 17.1 Å². The van der Waals surface area contributed by atoms with E-state index in [4.69, 9.17) is 5.73 Å². The number of amides is 2. The maximum atomic E-state index is 12.6. The maximum absolute atomic E-state index is 12.6. The van der Waals surface area contributed by atoms with Crippen LogP contribution in [0.5, 0.6) is 0 Å². The minimum Gasteiger partial charge on any atom is -0.365 e. The zero-order chi connectivity index (χ0) is 17.4. The Balaban J connectivity index is 1.39. The van der Waals surface area contributed by atoms with E-state index in [9.17, 15) is 9.59 Å². The molecule has 2 amide bonds. The summed E-state index contributed by atoms with van der Waals surface area (Å²) in [7, 11) is 0. The van der Waals surface area contributed by atoms with Crippen LogP contribution >= 0.6 is 11.3 Å². The number of nitrogens with two attached hydrogens (primary N) is 1. The summed E-state index contributed by atoms with van der Waals surface area (Å²) in [5.41, 5.74) is 7.21. The Morgan fingerprint density at radius 3 is 2.72 bits per heavy atom. The smallest absolute Gasteiger partial charge is 0.280 e. The van der Waals surface area contributed by atoms with Gasteiger partial charge in [0, 0.05) is 10.8 Å². The minimum absolute atomic E-state index is 0.0201. The third kappa shape index (κ3) is 3.47. The first-order chi connectivity index (χ1) is 12.1. The van der Waals surface area contributed by atoms with Crippen LogP contribution in [0.25, 0.3) is 0 Å². The Labute approximate surface area is 153 Å². The van der Waals surface area contributed by atoms with Crippen molar-refractivity contribution in [2.45, 2.75) is 51.4 Å². The molecule has 1 saturated carbocycles. The lowest BCUT2D eigenvalue weighted by molar-refractivity contribution is -0.902. The molecule has 0 aromatic carbocycles. The van der Waals surface area contributed by atoms with Gasteiger partial charge >= 0.3 is 0 Å². The average molecular weight is 363 g/mol. The second kappa shape index (κ2) is 7.08. The third-order valence-electron chi connectivity index (χ3n) is 6.32. The van der Waals surface area contributed by atoms with Crippen molar-refractivity contribution in [1.82, 2.24) is 0 Å². The predicted octanol–water partition coefficient (Wildman–Crippen LogP) is 1.37. The number of thiophene rings is 1. The van der Waals surface area contributed by atoms with Crippen molar-refractivity contribution in [3.8, 4) is 0 Å². The van der Waals surface area contributed by atoms with Gasteiger partial charge in [-0.15, -0.1) is 11.3 Å². The number of carbonyl (C=O) groups excluding carboxylic acids is 2. The van der Waals surface area contributed by atoms with E-state index in [2.05, 4.69) is 5.32 Å². The second-order valence-corrected chi connectivity index (χ2v) is 9.05. The number of anilines is 1. The quantitative estimate of drug-likeness (QED) is 0.757. The van der Waals surface area contributed by atoms with Gasteiger partial charge in [0.15, 0.2) is 6.54 Å². The number of aryl methyl sites for hydroxylation is 1. The number of piperidine rings is 1. The zero-order valence-corrected chi connectivity index (χ0v) is 15.6. The van der Waals surface area contributed by atoms with Crippen LogP contribution in [-0.2, 0) is 17.6 Å². The number of likely N-dealkylation sites (tertiary alicyclic amines) is 1. The molecule has 0 spiro atoms. The van der Waals surface area contributed by atoms with Crippen molar-refractivity contribution in [2.24, 2.45) is 17.6 Å². The molecule has 6 heteroatoms. The lowest BCUT2D eigenvalue weighted by Gasteiger charge is -2.38. The highest BCUT2D eigenvalue weighted by Gasteiger charge is 2.34. The SMILES string of the molecule is NC(=O)c1c(NC(=O)C[NH+]2CC[C@@H]3CCCC[C@@H]3C2)sc2c1CCC2. The second-order valence-electron chi connectivity index (χ2n) is 7.95.